The highest BCUT2D eigenvalue weighted by Gasteiger charge is 2.25. The van der Waals surface area contributed by atoms with Crippen LogP contribution < -0.4 is 13.7 Å². The van der Waals surface area contributed by atoms with Crippen molar-refractivity contribution in [2.45, 2.75) is 0 Å². The number of aromatic nitrogens is 3. The van der Waals surface area contributed by atoms with E-state index in [4.69, 9.17) is 0 Å². The molecule has 3 nitrogen and oxygen atoms in total. The molecule has 196 valence electrons. The van der Waals surface area contributed by atoms with E-state index in [1.807, 2.05) is 12.1 Å². The number of para-hydroxylation sites is 2. The van der Waals surface area contributed by atoms with Crippen molar-refractivity contribution in [1.82, 2.24) is 0 Å². The predicted octanol–water partition coefficient (Wildman–Crippen LogP) is 7.64. The number of nitrogens with zero attached hydrogens (tertiary/aromatic N) is 3. The van der Waals surface area contributed by atoms with Crippen molar-refractivity contribution >= 4 is 32.3 Å². The lowest BCUT2D eigenvalue weighted by atomic mass is 9.91. The van der Waals surface area contributed by atoms with Gasteiger partial charge in [-0.25, -0.2) is 0 Å². The van der Waals surface area contributed by atoms with Crippen LogP contribution in [0.2, 0.25) is 0 Å². The Labute approximate surface area is 244 Å². The van der Waals surface area contributed by atoms with E-state index < -0.39 is 0 Å². The van der Waals surface area contributed by atoms with Gasteiger partial charge in [0.25, 0.3) is 0 Å². The fourth-order valence-corrected chi connectivity index (χ4v) is 6.04. The molecule has 0 bridgehead atoms. The Kier molecular flexibility index (Phi) is 5.79. The number of hydrogen-bond donors (Lipinski definition) is 0. The SMILES string of the molecule is c1ccc(-[n+]2c[n+](-c3ccccc3)c[n+](-c3cccc(-c4cccc5ccc6ccc7ccccc7c6c45)c3)c2)cc1. The van der Waals surface area contributed by atoms with Crippen LogP contribution >= 0.6 is 0 Å². The summed E-state index contributed by atoms with van der Waals surface area (Å²) >= 11 is 0. The first-order chi connectivity index (χ1) is 20.8. The Bertz CT molecular complexity index is 2180. The topological polar surface area (TPSA) is 11.6 Å². The minimum atomic E-state index is 1.09. The van der Waals surface area contributed by atoms with E-state index in [1.165, 1.54) is 43.4 Å². The Morgan fingerprint density at radius 2 is 0.833 bits per heavy atom. The normalized spacial score (nSPS) is 11.3. The second kappa shape index (κ2) is 10.1. The lowest BCUT2D eigenvalue weighted by Crippen LogP contribution is -2.55. The van der Waals surface area contributed by atoms with Gasteiger partial charge < -0.3 is 0 Å². The first-order valence-corrected chi connectivity index (χ1v) is 14.3. The molecule has 0 N–H and O–H groups in total. The maximum Gasteiger partial charge on any atom is 0.428 e. The smallest absolute Gasteiger partial charge is 0.0618 e. The van der Waals surface area contributed by atoms with E-state index in [0.29, 0.717) is 0 Å². The Balaban J connectivity index is 1.35. The largest absolute Gasteiger partial charge is 0.428 e. The number of fused-ring (bicyclic) bond motifs is 5. The quantitative estimate of drug-likeness (QED) is 0.161. The lowest BCUT2D eigenvalue weighted by molar-refractivity contribution is -0.858. The van der Waals surface area contributed by atoms with Crippen LogP contribution in [0.5, 0.6) is 0 Å². The summed E-state index contributed by atoms with van der Waals surface area (Å²) in [6.45, 7) is 0. The maximum absolute atomic E-state index is 2.30. The van der Waals surface area contributed by atoms with Crippen molar-refractivity contribution < 1.29 is 13.7 Å². The summed E-state index contributed by atoms with van der Waals surface area (Å²) < 4.78 is 6.52. The zero-order chi connectivity index (χ0) is 27.9. The van der Waals surface area contributed by atoms with Crippen molar-refractivity contribution in [1.29, 1.82) is 0 Å². The molecule has 3 heteroatoms. The van der Waals surface area contributed by atoms with E-state index in [2.05, 4.69) is 172 Å². The van der Waals surface area contributed by atoms with Crippen LogP contribution in [0.1, 0.15) is 0 Å². The summed E-state index contributed by atoms with van der Waals surface area (Å²) in [5, 5.41) is 7.66. The Hall–Kier alpha value is -5.67. The second-order valence-corrected chi connectivity index (χ2v) is 10.6. The molecule has 0 spiro atoms. The molecule has 0 fully saturated rings. The molecule has 0 amide bonds. The average molecular weight is 539 g/mol. The highest BCUT2D eigenvalue weighted by molar-refractivity contribution is 6.23. The average Bonchev–Trinajstić information content (AvgIpc) is 3.08. The first kappa shape index (κ1) is 24.2. The molecule has 0 radical (unpaired) electrons. The zero-order valence-corrected chi connectivity index (χ0v) is 23.0. The molecule has 0 aliphatic carbocycles. The summed E-state index contributed by atoms with van der Waals surface area (Å²) in [6.07, 6.45) is 6.40. The van der Waals surface area contributed by atoms with Gasteiger partial charge in [-0.05, 0) is 43.4 Å². The number of benzene rings is 7. The van der Waals surface area contributed by atoms with Gasteiger partial charge in [-0.3, -0.25) is 0 Å². The second-order valence-electron chi connectivity index (χ2n) is 10.6. The monoisotopic (exact) mass is 538 g/mol. The fraction of sp³-hybridized carbons (Fsp3) is 0. The summed E-state index contributed by atoms with van der Waals surface area (Å²) in [6, 6.07) is 54.1. The summed E-state index contributed by atoms with van der Waals surface area (Å²) in [4.78, 5) is 0. The van der Waals surface area contributed by atoms with Crippen LogP contribution in [-0.4, -0.2) is 0 Å². The molecule has 0 atom stereocenters. The third-order valence-corrected chi connectivity index (χ3v) is 8.06. The predicted molar refractivity (Wildman–Crippen MR) is 169 cm³/mol. The molecule has 8 rings (SSSR count). The van der Waals surface area contributed by atoms with Gasteiger partial charge in [0.15, 0.2) is 0 Å². The van der Waals surface area contributed by atoms with Gasteiger partial charge in [0.2, 0.25) is 17.1 Å². The van der Waals surface area contributed by atoms with Gasteiger partial charge in [0.1, 0.15) is 0 Å². The van der Waals surface area contributed by atoms with Crippen molar-refractivity contribution in [3.8, 4) is 28.2 Å². The maximum atomic E-state index is 2.30. The van der Waals surface area contributed by atoms with Crippen LogP contribution in [0.25, 0.3) is 60.5 Å². The van der Waals surface area contributed by atoms with Crippen LogP contribution in [0.15, 0.2) is 171 Å². The third-order valence-electron chi connectivity index (χ3n) is 8.06. The number of hydrogen-bond acceptors (Lipinski definition) is 0. The van der Waals surface area contributed by atoms with E-state index >= 15 is 0 Å². The van der Waals surface area contributed by atoms with Gasteiger partial charge in [-0.1, -0.05) is 129 Å². The molecule has 0 unspecified atom stereocenters. The molecule has 8 aromatic rings. The van der Waals surface area contributed by atoms with Crippen molar-refractivity contribution in [2.75, 3.05) is 0 Å². The van der Waals surface area contributed by atoms with Gasteiger partial charge in [-0.2, -0.15) is 0 Å². The minimum absolute atomic E-state index is 1.09. The van der Waals surface area contributed by atoms with Gasteiger partial charge in [0.05, 0.1) is 0 Å². The van der Waals surface area contributed by atoms with Crippen LogP contribution in [-0.2, 0) is 0 Å². The van der Waals surface area contributed by atoms with Gasteiger partial charge in [-0.15, -0.1) is 0 Å². The first-order valence-electron chi connectivity index (χ1n) is 14.3. The highest BCUT2D eigenvalue weighted by atomic mass is 15.2. The van der Waals surface area contributed by atoms with E-state index in [1.54, 1.807) is 0 Å². The molecule has 0 saturated heterocycles. The van der Waals surface area contributed by atoms with Crippen molar-refractivity contribution in [3.63, 3.8) is 0 Å². The lowest BCUT2D eigenvalue weighted by Gasteiger charge is -2.13. The van der Waals surface area contributed by atoms with Crippen LogP contribution in [0.4, 0.5) is 0 Å². The minimum Gasteiger partial charge on any atom is -0.0618 e. The van der Waals surface area contributed by atoms with Crippen molar-refractivity contribution in [2.24, 2.45) is 0 Å². The summed E-state index contributed by atoms with van der Waals surface area (Å²) in [5.74, 6) is 0. The van der Waals surface area contributed by atoms with E-state index in [0.717, 1.165) is 17.1 Å². The summed E-state index contributed by atoms with van der Waals surface area (Å²) in [7, 11) is 0. The molecule has 1 heterocycles. The highest BCUT2D eigenvalue weighted by Crippen LogP contribution is 2.38. The van der Waals surface area contributed by atoms with Crippen LogP contribution in [0.3, 0.4) is 0 Å². The van der Waals surface area contributed by atoms with Gasteiger partial charge >= 0.3 is 19.0 Å². The molecular weight excluding hydrogens is 510 g/mol. The Morgan fingerprint density at radius 3 is 1.52 bits per heavy atom. The molecular formula is C39H28N3+3. The van der Waals surface area contributed by atoms with E-state index in [-0.39, 0.29) is 0 Å². The van der Waals surface area contributed by atoms with E-state index in [9.17, 15) is 0 Å². The molecule has 0 aliphatic rings. The zero-order valence-electron chi connectivity index (χ0n) is 23.0. The van der Waals surface area contributed by atoms with Crippen molar-refractivity contribution in [3.05, 3.63) is 171 Å². The Morgan fingerprint density at radius 1 is 0.333 bits per heavy atom. The fourth-order valence-electron chi connectivity index (χ4n) is 6.04. The van der Waals surface area contributed by atoms with Crippen LogP contribution in [0, 0.1) is 0 Å². The molecule has 7 aromatic carbocycles. The standard InChI is InChI=1S/C39H28N3/c1-3-14-33(15-4-1)40-26-41(34-16-5-2-6-17-34)28-42(27-40)35-18-9-13-32(25-35)37-20-10-12-30-23-24-31-22-21-29-11-7-8-19-36(29)39(31)38(30)37/h1-28H/q+3. The summed E-state index contributed by atoms with van der Waals surface area (Å²) in [5.41, 5.74) is 5.71. The molecule has 0 aliphatic heterocycles. The third kappa shape index (κ3) is 4.20. The molecule has 42 heavy (non-hydrogen) atoms. The molecule has 1 aromatic heterocycles. The number of rotatable bonds is 4. The van der Waals surface area contributed by atoms with Gasteiger partial charge in [0, 0.05) is 36.4 Å². The molecule has 0 saturated carbocycles.